The highest BCUT2D eigenvalue weighted by molar-refractivity contribution is 5.74. The number of ether oxygens (including phenoxy) is 1. The molecule has 4 heteroatoms. The Morgan fingerprint density at radius 1 is 1.41 bits per heavy atom. The van der Waals surface area contributed by atoms with Crippen molar-refractivity contribution in [1.82, 2.24) is 0 Å². The third-order valence-corrected chi connectivity index (χ3v) is 2.90. The van der Waals surface area contributed by atoms with Crippen LogP contribution in [0, 0.1) is 5.82 Å². The fourth-order valence-electron chi connectivity index (χ4n) is 1.37. The molecule has 0 aliphatic heterocycles. The molecule has 0 aromatic heterocycles. The summed E-state index contributed by atoms with van der Waals surface area (Å²) in [5.41, 5.74) is -0.674. The molecule has 0 amide bonds. The summed E-state index contributed by atoms with van der Waals surface area (Å²) in [6, 6.07) is 3.98. The maximum atomic E-state index is 13.5. The van der Waals surface area contributed by atoms with Crippen LogP contribution >= 0.6 is 0 Å². The second-order valence-electron chi connectivity index (χ2n) is 4.03. The Kier molecular flexibility index (Phi) is 4.63. The van der Waals surface area contributed by atoms with E-state index in [1.54, 1.807) is 0 Å². The van der Waals surface area contributed by atoms with Gasteiger partial charge in [0.15, 0.2) is 11.6 Å². The smallest absolute Gasteiger partial charge is 0.165 e. The lowest BCUT2D eigenvalue weighted by atomic mass is 9.99. The van der Waals surface area contributed by atoms with E-state index in [4.69, 9.17) is 4.74 Å². The first kappa shape index (κ1) is 13.6. The van der Waals surface area contributed by atoms with E-state index in [1.165, 1.54) is 12.1 Å². The number of halogens is 1. The Morgan fingerprint density at radius 3 is 2.53 bits per heavy atom. The average molecular weight is 240 g/mol. The van der Waals surface area contributed by atoms with Gasteiger partial charge in [0.1, 0.15) is 12.9 Å². The van der Waals surface area contributed by atoms with E-state index < -0.39 is 11.4 Å². The molecule has 0 saturated carbocycles. The molecular weight excluding hydrogens is 223 g/mol. The van der Waals surface area contributed by atoms with Crippen LogP contribution in [0.2, 0.25) is 0 Å². The lowest BCUT2D eigenvalue weighted by molar-refractivity contribution is -0.0123. The molecular formula is C13H17FO3. The van der Waals surface area contributed by atoms with Gasteiger partial charge in [-0.05, 0) is 31.0 Å². The van der Waals surface area contributed by atoms with Crippen LogP contribution in [0.5, 0.6) is 5.75 Å². The summed E-state index contributed by atoms with van der Waals surface area (Å²) in [4.78, 5) is 10.4. The van der Waals surface area contributed by atoms with Crippen LogP contribution in [0.1, 0.15) is 37.0 Å². The third kappa shape index (κ3) is 3.53. The van der Waals surface area contributed by atoms with Gasteiger partial charge < -0.3 is 9.84 Å². The molecule has 1 aromatic carbocycles. The molecule has 0 fully saturated rings. The highest BCUT2D eigenvalue weighted by atomic mass is 19.1. The van der Waals surface area contributed by atoms with Gasteiger partial charge in [0, 0.05) is 5.56 Å². The summed E-state index contributed by atoms with van der Waals surface area (Å²) in [6.45, 7) is 3.73. The van der Waals surface area contributed by atoms with E-state index in [0.717, 1.165) is 6.07 Å². The minimum atomic E-state index is -0.935. The van der Waals surface area contributed by atoms with Crippen molar-refractivity contribution in [2.45, 2.75) is 32.3 Å². The van der Waals surface area contributed by atoms with E-state index in [0.29, 0.717) is 19.1 Å². The van der Waals surface area contributed by atoms with Crippen LogP contribution in [0.15, 0.2) is 18.2 Å². The van der Waals surface area contributed by atoms with Gasteiger partial charge in [0.2, 0.25) is 0 Å². The van der Waals surface area contributed by atoms with Crippen molar-refractivity contribution < 1.29 is 19.0 Å². The SMILES string of the molecule is CCC(O)(CC)COc1ccc(C=O)cc1F. The van der Waals surface area contributed by atoms with Crippen molar-refractivity contribution in [3.8, 4) is 5.75 Å². The van der Waals surface area contributed by atoms with Gasteiger partial charge in [0.05, 0.1) is 5.60 Å². The maximum Gasteiger partial charge on any atom is 0.165 e. The Labute approximate surface area is 100 Å². The molecule has 0 saturated heterocycles. The normalized spacial score (nSPS) is 11.3. The number of hydrogen-bond donors (Lipinski definition) is 1. The van der Waals surface area contributed by atoms with Crippen LogP contribution in [0.25, 0.3) is 0 Å². The Morgan fingerprint density at radius 2 is 2.06 bits per heavy atom. The standard InChI is InChI=1S/C13H17FO3/c1-3-13(16,4-2)9-17-12-6-5-10(8-15)7-11(12)14/h5-8,16H,3-4,9H2,1-2H3. The van der Waals surface area contributed by atoms with Gasteiger partial charge in [-0.15, -0.1) is 0 Å². The van der Waals surface area contributed by atoms with Crippen molar-refractivity contribution in [2.24, 2.45) is 0 Å². The predicted molar refractivity (Wildman–Crippen MR) is 62.8 cm³/mol. The van der Waals surface area contributed by atoms with E-state index in [9.17, 15) is 14.3 Å². The Bertz CT molecular complexity index is 386. The molecule has 1 aromatic rings. The summed E-state index contributed by atoms with van der Waals surface area (Å²) in [5, 5.41) is 9.98. The lowest BCUT2D eigenvalue weighted by Crippen LogP contribution is -2.34. The molecule has 94 valence electrons. The number of aldehydes is 1. The number of carbonyl (C=O) groups is 1. The predicted octanol–water partition coefficient (Wildman–Crippen LogP) is 2.57. The molecule has 0 unspecified atom stereocenters. The first-order chi connectivity index (χ1) is 8.04. The first-order valence-corrected chi connectivity index (χ1v) is 5.64. The highest BCUT2D eigenvalue weighted by Gasteiger charge is 2.23. The molecule has 0 radical (unpaired) electrons. The van der Waals surface area contributed by atoms with E-state index in [-0.39, 0.29) is 17.9 Å². The van der Waals surface area contributed by atoms with E-state index in [1.807, 2.05) is 13.8 Å². The van der Waals surface area contributed by atoms with Crippen LogP contribution < -0.4 is 4.74 Å². The van der Waals surface area contributed by atoms with Crippen molar-refractivity contribution in [2.75, 3.05) is 6.61 Å². The van der Waals surface area contributed by atoms with E-state index >= 15 is 0 Å². The number of benzene rings is 1. The summed E-state index contributed by atoms with van der Waals surface area (Å²) < 4.78 is 18.7. The van der Waals surface area contributed by atoms with E-state index in [2.05, 4.69) is 0 Å². The molecule has 0 atom stereocenters. The second kappa shape index (κ2) is 5.77. The Hall–Kier alpha value is -1.42. The zero-order valence-electron chi connectivity index (χ0n) is 10.1. The van der Waals surface area contributed by atoms with Gasteiger partial charge in [-0.2, -0.15) is 0 Å². The lowest BCUT2D eigenvalue weighted by Gasteiger charge is -2.25. The number of hydrogen-bond acceptors (Lipinski definition) is 3. The van der Waals surface area contributed by atoms with Gasteiger partial charge in [0.25, 0.3) is 0 Å². The van der Waals surface area contributed by atoms with Crippen molar-refractivity contribution in [1.29, 1.82) is 0 Å². The maximum absolute atomic E-state index is 13.5. The minimum Gasteiger partial charge on any atom is -0.488 e. The third-order valence-electron chi connectivity index (χ3n) is 2.90. The first-order valence-electron chi connectivity index (χ1n) is 5.64. The van der Waals surface area contributed by atoms with Crippen molar-refractivity contribution >= 4 is 6.29 Å². The zero-order chi connectivity index (χ0) is 12.9. The molecule has 0 spiro atoms. The summed E-state index contributed by atoms with van der Waals surface area (Å²) >= 11 is 0. The van der Waals surface area contributed by atoms with Crippen LogP contribution in [-0.2, 0) is 0 Å². The van der Waals surface area contributed by atoms with Crippen LogP contribution in [0.3, 0.4) is 0 Å². The monoisotopic (exact) mass is 240 g/mol. The quantitative estimate of drug-likeness (QED) is 0.777. The van der Waals surface area contributed by atoms with Crippen molar-refractivity contribution in [3.63, 3.8) is 0 Å². The number of aliphatic hydroxyl groups is 1. The van der Waals surface area contributed by atoms with Gasteiger partial charge in [-0.25, -0.2) is 4.39 Å². The van der Waals surface area contributed by atoms with Crippen LogP contribution in [0.4, 0.5) is 4.39 Å². The molecule has 1 rings (SSSR count). The average Bonchev–Trinajstić information content (AvgIpc) is 2.36. The molecule has 3 nitrogen and oxygen atoms in total. The van der Waals surface area contributed by atoms with Gasteiger partial charge in [-0.1, -0.05) is 13.8 Å². The molecule has 0 heterocycles. The number of rotatable bonds is 6. The fraction of sp³-hybridized carbons (Fsp3) is 0.462. The molecule has 0 bridgehead atoms. The Balaban J connectivity index is 2.72. The largest absolute Gasteiger partial charge is 0.488 e. The molecule has 0 aliphatic carbocycles. The van der Waals surface area contributed by atoms with Gasteiger partial charge >= 0.3 is 0 Å². The summed E-state index contributed by atoms with van der Waals surface area (Å²) in [5.74, 6) is -0.542. The summed E-state index contributed by atoms with van der Waals surface area (Å²) in [6.07, 6.45) is 1.65. The van der Waals surface area contributed by atoms with Gasteiger partial charge in [-0.3, -0.25) is 4.79 Å². The zero-order valence-corrected chi connectivity index (χ0v) is 10.1. The van der Waals surface area contributed by atoms with Crippen LogP contribution in [-0.4, -0.2) is 23.6 Å². The highest BCUT2D eigenvalue weighted by Crippen LogP contribution is 2.21. The topological polar surface area (TPSA) is 46.5 Å². The minimum absolute atomic E-state index is 0.0390. The fourth-order valence-corrected chi connectivity index (χ4v) is 1.37. The molecule has 0 aliphatic rings. The summed E-state index contributed by atoms with van der Waals surface area (Å²) in [7, 11) is 0. The van der Waals surface area contributed by atoms with Crippen molar-refractivity contribution in [3.05, 3.63) is 29.6 Å². The number of carbonyl (C=O) groups excluding carboxylic acids is 1. The second-order valence-corrected chi connectivity index (χ2v) is 4.03. The molecule has 17 heavy (non-hydrogen) atoms. The molecule has 1 N–H and O–H groups in total.